The Morgan fingerprint density at radius 2 is 0.552 bits per heavy atom. The van der Waals surface area contributed by atoms with Gasteiger partial charge in [-0.1, -0.05) is 0 Å². The van der Waals surface area contributed by atoms with Crippen molar-refractivity contribution in [2.75, 3.05) is 78.9 Å². The Bertz CT molecular complexity index is 198. The third-order valence-corrected chi connectivity index (χ3v) is 2.50. The fraction of sp³-hybridized carbons (Fsp3) is 1.00. The fourth-order valence-corrected chi connectivity index (χ4v) is 1.52. The normalized spacial score (nSPS) is 9.93. The van der Waals surface area contributed by atoms with Gasteiger partial charge < -0.3 is 40.9 Å². The Labute approximate surface area is 191 Å². The van der Waals surface area contributed by atoms with E-state index in [2.05, 4.69) is 0 Å². The van der Waals surface area contributed by atoms with Gasteiger partial charge in [0.2, 0.25) is 0 Å². The van der Waals surface area contributed by atoms with Gasteiger partial charge in [0, 0.05) is 73.2 Å². The van der Waals surface area contributed by atoms with Crippen LogP contribution in [-0.4, -0.2) is 142 Å². The largest absolute Gasteiger partial charge is 0.395 e. The van der Waals surface area contributed by atoms with E-state index in [1.54, 1.807) is 37.5 Å². The molecule has 0 saturated heterocycles. The van der Waals surface area contributed by atoms with E-state index in [1.807, 2.05) is 0 Å². The molecule has 0 aliphatic carbocycles. The zero-order chi connectivity index (χ0) is 22.8. The van der Waals surface area contributed by atoms with Gasteiger partial charge in [0.05, 0.1) is 39.6 Å². The van der Waals surface area contributed by atoms with Crippen LogP contribution in [0, 0.1) is 0 Å². The zero-order valence-corrected chi connectivity index (χ0v) is 20.2. The molecule has 8 N–H and O–H groups in total. The number of hydrogen-bond acceptors (Lipinski definition) is 10. The van der Waals surface area contributed by atoms with Crippen molar-refractivity contribution in [3.8, 4) is 0 Å². The first-order chi connectivity index (χ1) is 13.2. The summed E-state index contributed by atoms with van der Waals surface area (Å²) in [6.45, 7) is 10.4. The van der Waals surface area contributed by atoms with Crippen molar-refractivity contribution in [2.24, 2.45) is 0 Å². The average molecular weight is 466 g/mol. The molecule has 0 aromatic carbocycles. The summed E-state index contributed by atoms with van der Waals surface area (Å²) in [5.74, 6) is 0. The van der Waals surface area contributed by atoms with Crippen LogP contribution in [0.5, 0.6) is 0 Å². The number of aliphatic hydroxyl groups excluding tert-OH is 8. The Morgan fingerprint density at radius 3 is 0.621 bits per heavy atom. The van der Waals surface area contributed by atoms with Crippen LogP contribution in [0.15, 0.2) is 0 Å². The number of nitrogens with zero attached hydrogens (tertiary/aromatic N) is 2. The van der Waals surface area contributed by atoms with Crippen molar-refractivity contribution in [1.82, 2.24) is 9.80 Å². The molecule has 0 amide bonds. The predicted molar refractivity (Wildman–Crippen MR) is 110 cm³/mol. The van der Waals surface area contributed by atoms with Gasteiger partial charge in [-0.2, -0.15) is 0 Å². The van der Waals surface area contributed by atoms with Crippen LogP contribution in [0.4, 0.5) is 0 Å². The summed E-state index contributed by atoms with van der Waals surface area (Å²) in [6, 6.07) is 0. The summed E-state index contributed by atoms with van der Waals surface area (Å²) in [5, 5.41) is 67.0. The maximum Gasteiger partial charge on any atom is 0.0558 e. The summed E-state index contributed by atoms with van der Waals surface area (Å²) in [6.07, 6.45) is -0.333. The summed E-state index contributed by atoms with van der Waals surface area (Å²) in [5.41, 5.74) is 0. The summed E-state index contributed by atoms with van der Waals surface area (Å²) in [4.78, 5) is 3.58. The molecule has 0 aromatic heterocycles. The first-order valence-corrected chi connectivity index (χ1v) is 9.62. The smallest absolute Gasteiger partial charge is 0.0558 e. The SMILES string of the molecule is CC(C)O.CC(C)O.OCCN(CCO)CCO.OCCN(CCO)CCO.[Ti]. The second kappa shape index (κ2) is 35.7. The van der Waals surface area contributed by atoms with Crippen LogP contribution in [0.3, 0.4) is 0 Å². The molecule has 0 rings (SSSR count). The summed E-state index contributed by atoms with van der Waals surface area (Å²) < 4.78 is 0. The molecule has 0 aliphatic rings. The van der Waals surface area contributed by atoms with E-state index in [-0.39, 0.29) is 73.6 Å². The standard InChI is InChI=1S/2C6H15NO3.2C3H8O.Ti/c2*8-4-1-7(2-5-9)3-6-10;2*1-3(2)4;/h2*8-10H,1-6H2;2*3-4H,1-2H3;. The molecule has 180 valence electrons. The van der Waals surface area contributed by atoms with Crippen molar-refractivity contribution >= 4 is 0 Å². The molecule has 29 heavy (non-hydrogen) atoms. The molecule has 0 aromatic rings. The van der Waals surface area contributed by atoms with Crippen LogP contribution in [0.1, 0.15) is 27.7 Å². The number of hydrogen-bond donors (Lipinski definition) is 8. The molecule has 0 atom stereocenters. The quantitative estimate of drug-likeness (QED) is 0.142. The van der Waals surface area contributed by atoms with Gasteiger partial charge in [0.25, 0.3) is 0 Å². The van der Waals surface area contributed by atoms with Gasteiger partial charge in [-0.05, 0) is 27.7 Å². The third kappa shape index (κ3) is 58.5. The van der Waals surface area contributed by atoms with Crippen LogP contribution < -0.4 is 0 Å². The van der Waals surface area contributed by atoms with Gasteiger partial charge in [0.1, 0.15) is 0 Å². The van der Waals surface area contributed by atoms with Crippen molar-refractivity contribution in [1.29, 1.82) is 0 Å². The Morgan fingerprint density at radius 1 is 0.448 bits per heavy atom. The van der Waals surface area contributed by atoms with E-state index < -0.39 is 0 Å². The van der Waals surface area contributed by atoms with Gasteiger partial charge >= 0.3 is 0 Å². The molecule has 0 fully saturated rings. The summed E-state index contributed by atoms with van der Waals surface area (Å²) >= 11 is 0. The third-order valence-electron chi connectivity index (χ3n) is 2.50. The van der Waals surface area contributed by atoms with E-state index in [4.69, 9.17) is 40.9 Å². The van der Waals surface area contributed by atoms with Crippen molar-refractivity contribution in [3.05, 3.63) is 0 Å². The minimum absolute atomic E-state index is 0. The molecule has 0 radical (unpaired) electrons. The Kier molecular flexibility index (Phi) is 49.0. The zero-order valence-electron chi connectivity index (χ0n) is 18.6. The second-order valence-electron chi connectivity index (χ2n) is 6.21. The monoisotopic (exact) mass is 466 g/mol. The van der Waals surface area contributed by atoms with Crippen molar-refractivity contribution in [3.63, 3.8) is 0 Å². The molecule has 0 heterocycles. The molecule has 11 heteroatoms. The molecular weight excluding hydrogens is 420 g/mol. The van der Waals surface area contributed by atoms with Gasteiger partial charge in [-0.3, -0.25) is 9.80 Å². The van der Waals surface area contributed by atoms with Crippen LogP contribution >= 0.6 is 0 Å². The minimum Gasteiger partial charge on any atom is -0.395 e. The molecule has 0 unspecified atom stereocenters. The van der Waals surface area contributed by atoms with E-state index in [9.17, 15) is 0 Å². The first-order valence-electron chi connectivity index (χ1n) is 9.62. The topological polar surface area (TPSA) is 168 Å². The van der Waals surface area contributed by atoms with E-state index in [0.717, 1.165) is 0 Å². The van der Waals surface area contributed by atoms with Crippen LogP contribution in [-0.2, 0) is 21.7 Å². The first kappa shape index (κ1) is 39.8. The average Bonchev–Trinajstić information content (AvgIpc) is 2.56. The minimum atomic E-state index is -0.167. The van der Waals surface area contributed by atoms with Crippen molar-refractivity contribution in [2.45, 2.75) is 39.9 Å². The van der Waals surface area contributed by atoms with E-state index >= 15 is 0 Å². The van der Waals surface area contributed by atoms with Crippen molar-refractivity contribution < 1.29 is 62.6 Å². The molecular formula is C18H46N2O8Ti. The molecule has 0 saturated carbocycles. The fourth-order valence-electron chi connectivity index (χ4n) is 1.52. The van der Waals surface area contributed by atoms with Crippen LogP contribution in [0.25, 0.3) is 0 Å². The maximum atomic E-state index is 8.48. The molecule has 10 nitrogen and oxygen atoms in total. The van der Waals surface area contributed by atoms with E-state index in [1.165, 1.54) is 0 Å². The Balaban J connectivity index is -0.0000000950. The number of rotatable bonds is 12. The maximum absolute atomic E-state index is 8.48. The Hall–Kier alpha value is 0.314. The number of aliphatic hydroxyl groups is 8. The van der Waals surface area contributed by atoms with Gasteiger partial charge in [-0.15, -0.1) is 0 Å². The van der Waals surface area contributed by atoms with Gasteiger partial charge in [-0.25, -0.2) is 0 Å². The van der Waals surface area contributed by atoms with Gasteiger partial charge in [0.15, 0.2) is 0 Å². The predicted octanol–water partition coefficient (Wildman–Crippen LogP) is -2.70. The molecule has 0 bridgehead atoms. The molecule has 0 aliphatic heterocycles. The van der Waals surface area contributed by atoms with Crippen LogP contribution in [0.2, 0.25) is 0 Å². The summed E-state index contributed by atoms with van der Waals surface area (Å²) in [7, 11) is 0. The van der Waals surface area contributed by atoms with E-state index in [0.29, 0.717) is 39.3 Å². The second-order valence-corrected chi connectivity index (χ2v) is 6.21. The molecule has 0 spiro atoms.